The van der Waals surface area contributed by atoms with Crippen LogP contribution in [0.1, 0.15) is 10.4 Å². The summed E-state index contributed by atoms with van der Waals surface area (Å²) in [4.78, 5) is 16.1. The number of methoxy groups -OCH3 is 1. The van der Waals surface area contributed by atoms with E-state index in [9.17, 15) is 4.79 Å². The molecule has 2 aromatic rings. The number of ether oxygens (including phenoxy) is 1. The Morgan fingerprint density at radius 3 is 2.81 bits per heavy atom. The van der Waals surface area contributed by atoms with Crippen LogP contribution >= 0.6 is 27.5 Å². The summed E-state index contributed by atoms with van der Waals surface area (Å²) in [6.07, 6.45) is 1.38. The van der Waals surface area contributed by atoms with Crippen LogP contribution in [0.2, 0.25) is 5.02 Å². The molecule has 0 atom stereocenters. The van der Waals surface area contributed by atoms with Crippen molar-refractivity contribution in [3.63, 3.8) is 0 Å². The summed E-state index contributed by atoms with van der Waals surface area (Å²) in [5, 5.41) is 3.01. The molecule has 8 heteroatoms. The number of nitrogens with two attached hydrogens (primary N) is 1. The molecular formula is C13H12BrClN4O2. The van der Waals surface area contributed by atoms with E-state index in [1.165, 1.54) is 12.3 Å². The van der Waals surface area contributed by atoms with Crippen LogP contribution in [0.5, 0.6) is 5.75 Å². The predicted octanol–water partition coefficient (Wildman–Crippen LogP) is 3.04. The molecule has 1 amide bonds. The van der Waals surface area contributed by atoms with E-state index in [-0.39, 0.29) is 10.9 Å². The number of nitrogens with zero attached hydrogens (tertiary/aromatic N) is 1. The molecule has 6 nitrogen and oxygen atoms in total. The van der Waals surface area contributed by atoms with Crippen molar-refractivity contribution in [1.82, 2.24) is 4.98 Å². The lowest BCUT2D eigenvalue weighted by Gasteiger charge is -2.10. The van der Waals surface area contributed by atoms with E-state index in [0.717, 1.165) is 4.47 Å². The lowest BCUT2D eigenvalue weighted by molar-refractivity contribution is 0.102. The van der Waals surface area contributed by atoms with E-state index in [0.29, 0.717) is 22.8 Å². The van der Waals surface area contributed by atoms with E-state index in [4.69, 9.17) is 22.2 Å². The Bertz CT molecular complexity index is 681. The van der Waals surface area contributed by atoms with E-state index in [1.54, 1.807) is 25.3 Å². The Morgan fingerprint density at radius 1 is 1.43 bits per heavy atom. The Morgan fingerprint density at radius 2 is 2.19 bits per heavy atom. The first-order chi connectivity index (χ1) is 10.0. The molecule has 0 bridgehead atoms. The second kappa shape index (κ2) is 6.75. The van der Waals surface area contributed by atoms with E-state index in [1.807, 2.05) is 0 Å². The highest BCUT2D eigenvalue weighted by atomic mass is 79.9. The number of hydrazine groups is 1. The van der Waals surface area contributed by atoms with Crippen LogP contribution in [0.15, 0.2) is 34.9 Å². The normalized spacial score (nSPS) is 10.1. The smallest absolute Gasteiger partial charge is 0.257 e. The number of hydrogen-bond donors (Lipinski definition) is 3. The van der Waals surface area contributed by atoms with Crippen molar-refractivity contribution in [2.24, 2.45) is 5.84 Å². The molecule has 0 aliphatic carbocycles. The molecular weight excluding hydrogens is 360 g/mol. The standard InChI is InChI=1S/C13H12BrClN4O2/c1-21-8-2-3-9(14)11(5-8)18-13(20)7-4-10(15)12(19-16)17-6-7/h2-6H,16H2,1H3,(H,17,19)(H,18,20). The summed E-state index contributed by atoms with van der Waals surface area (Å²) in [7, 11) is 1.55. The van der Waals surface area contributed by atoms with Crippen molar-refractivity contribution >= 4 is 44.9 Å². The van der Waals surface area contributed by atoms with Crippen molar-refractivity contribution < 1.29 is 9.53 Å². The van der Waals surface area contributed by atoms with Gasteiger partial charge in [0.15, 0.2) is 5.82 Å². The number of rotatable bonds is 4. The zero-order valence-corrected chi connectivity index (χ0v) is 13.3. The minimum absolute atomic E-state index is 0.259. The molecule has 0 radical (unpaired) electrons. The number of halogens is 2. The molecule has 21 heavy (non-hydrogen) atoms. The minimum atomic E-state index is -0.345. The summed E-state index contributed by atoms with van der Waals surface area (Å²) in [6.45, 7) is 0. The number of nitrogens with one attached hydrogen (secondary N) is 2. The summed E-state index contributed by atoms with van der Waals surface area (Å²) in [5.74, 6) is 5.82. The number of carbonyl (C=O) groups is 1. The highest BCUT2D eigenvalue weighted by molar-refractivity contribution is 9.10. The second-order valence-electron chi connectivity index (χ2n) is 4.00. The molecule has 4 N–H and O–H groups in total. The molecule has 1 aromatic heterocycles. The fourth-order valence-electron chi connectivity index (χ4n) is 1.59. The number of benzene rings is 1. The zero-order chi connectivity index (χ0) is 15.4. The Labute approximate surface area is 134 Å². The van der Waals surface area contributed by atoms with Gasteiger partial charge in [0.25, 0.3) is 5.91 Å². The van der Waals surface area contributed by atoms with Crippen LogP contribution in [0.3, 0.4) is 0 Å². The van der Waals surface area contributed by atoms with Gasteiger partial charge < -0.3 is 15.5 Å². The van der Waals surface area contributed by atoms with Crippen LogP contribution in [-0.4, -0.2) is 18.0 Å². The number of aromatic nitrogens is 1. The molecule has 0 unspecified atom stereocenters. The van der Waals surface area contributed by atoms with Gasteiger partial charge in [0.1, 0.15) is 5.75 Å². The molecule has 1 heterocycles. The first kappa shape index (κ1) is 15.6. The van der Waals surface area contributed by atoms with Crippen LogP contribution < -0.4 is 21.3 Å². The Kier molecular flexibility index (Phi) is 5.00. The highest BCUT2D eigenvalue weighted by Gasteiger charge is 2.12. The molecule has 0 saturated heterocycles. The van der Waals surface area contributed by atoms with Gasteiger partial charge in [-0.05, 0) is 34.1 Å². The average Bonchev–Trinajstić information content (AvgIpc) is 2.49. The van der Waals surface area contributed by atoms with Crippen molar-refractivity contribution in [2.75, 3.05) is 17.9 Å². The molecule has 110 valence electrons. The van der Waals surface area contributed by atoms with Crippen LogP contribution in [0, 0.1) is 0 Å². The Balaban J connectivity index is 2.23. The van der Waals surface area contributed by atoms with Gasteiger partial charge in [0, 0.05) is 16.7 Å². The Hall–Kier alpha value is -1.83. The maximum absolute atomic E-state index is 12.2. The molecule has 0 aliphatic rings. The van der Waals surface area contributed by atoms with Crippen molar-refractivity contribution in [3.8, 4) is 5.75 Å². The fourth-order valence-corrected chi connectivity index (χ4v) is 2.16. The molecule has 0 spiro atoms. The number of pyridine rings is 1. The van der Waals surface area contributed by atoms with E-state index >= 15 is 0 Å². The third kappa shape index (κ3) is 3.63. The average molecular weight is 372 g/mol. The van der Waals surface area contributed by atoms with Gasteiger partial charge in [0.2, 0.25) is 0 Å². The summed E-state index contributed by atoms with van der Waals surface area (Å²) < 4.78 is 5.85. The highest BCUT2D eigenvalue weighted by Crippen LogP contribution is 2.28. The van der Waals surface area contributed by atoms with Gasteiger partial charge in [0.05, 0.1) is 23.4 Å². The number of amides is 1. The largest absolute Gasteiger partial charge is 0.497 e. The molecule has 0 aliphatic heterocycles. The molecule has 0 saturated carbocycles. The molecule has 1 aromatic carbocycles. The maximum atomic E-state index is 12.2. The van der Waals surface area contributed by atoms with Crippen LogP contribution in [-0.2, 0) is 0 Å². The quantitative estimate of drug-likeness (QED) is 0.568. The molecule has 0 fully saturated rings. The number of anilines is 2. The SMILES string of the molecule is COc1ccc(Br)c(NC(=O)c2cnc(NN)c(Cl)c2)c1. The van der Waals surface area contributed by atoms with Crippen molar-refractivity contribution in [1.29, 1.82) is 0 Å². The van der Waals surface area contributed by atoms with Crippen LogP contribution in [0.4, 0.5) is 11.5 Å². The van der Waals surface area contributed by atoms with Gasteiger partial charge in [-0.3, -0.25) is 4.79 Å². The molecule has 2 rings (SSSR count). The summed E-state index contributed by atoms with van der Waals surface area (Å²) in [5.41, 5.74) is 3.23. The number of hydrogen-bond acceptors (Lipinski definition) is 5. The lowest BCUT2D eigenvalue weighted by Crippen LogP contribution is -2.14. The second-order valence-corrected chi connectivity index (χ2v) is 5.26. The van der Waals surface area contributed by atoms with Gasteiger partial charge >= 0.3 is 0 Å². The minimum Gasteiger partial charge on any atom is -0.497 e. The van der Waals surface area contributed by atoms with Crippen molar-refractivity contribution in [2.45, 2.75) is 0 Å². The first-order valence-corrected chi connectivity index (χ1v) is 6.99. The third-order valence-corrected chi connectivity index (χ3v) is 3.64. The third-order valence-electron chi connectivity index (χ3n) is 2.66. The maximum Gasteiger partial charge on any atom is 0.257 e. The fraction of sp³-hybridized carbons (Fsp3) is 0.0769. The van der Waals surface area contributed by atoms with Gasteiger partial charge in [-0.15, -0.1) is 0 Å². The van der Waals surface area contributed by atoms with Crippen molar-refractivity contribution in [3.05, 3.63) is 45.5 Å². The zero-order valence-electron chi connectivity index (χ0n) is 11.0. The van der Waals surface area contributed by atoms with Gasteiger partial charge in [-0.25, -0.2) is 10.8 Å². The van der Waals surface area contributed by atoms with Gasteiger partial charge in [-0.1, -0.05) is 11.6 Å². The van der Waals surface area contributed by atoms with Gasteiger partial charge in [-0.2, -0.15) is 0 Å². The summed E-state index contributed by atoms with van der Waals surface area (Å²) in [6, 6.07) is 6.74. The topological polar surface area (TPSA) is 89.3 Å². The van der Waals surface area contributed by atoms with E-state index < -0.39 is 0 Å². The monoisotopic (exact) mass is 370 g/mol. The summed E-state index contributed by atoms with van der Waals surface area (Å²) >= 11 is 9.30. The lowest BCUT2D eigenvalue weighted by atomic mass is 10.2. The predicted molar refractivity (Wildman–Crippen MR) is 85.7 cm³/mol. The number of carbonyl (C=O) groups excluding carboxylic acids is 1. The first-order valence-electron chi connectivity index (χ1n) is 5.82. The van der Waals surface area contributed by atoms with Crippen LogP contribution in [0.25, 0.3) is 0 Å². The number of nitrogen functional groups attached to an aromatic ring is 1. The van der Waals surface area contributed by atoms with E-state index in [2.05, 4.69) is 31.7 Å².